The van der Waals surface area contributed by atoms with E-state index in [2.05, 4.69) is 39.7 Å². The Labute approximate surface area is 157 Å². The maximum Gasteiger partial charge on any atom is 0.227 e. The average molecular weight is 369 g/mol. The fourth-order valence-corrected chi connectivity index (χ4v) is 4.54. The molecule has 0 aliphatic heterocycles. The molecule has 1 amide bonds. The van der Waals surface area contributed by atoms with Crippen molar-refractivity contribution in [1.29, 1.82) is 0 Å². The molecule has 5 nitrogen and oxygen atoms in total. The summed E-state index contributed by atoms with van der Waals surface area (Å²) in [6, 6.07) is 8.26. The Morgan fingerprint density at radius 3 is 2.85 bits per heavy atom. The van der Waals surface area contributed by atoms with Gasteiger partial charge in [0.15, 0.2) is 0 Å². The molecule has 4 rings (SSSR count). The SMILES string of the molecule is CC(N)C1CCC(C(=O)Nc2ccnc3[nH]c(-c4cccs4)cc23)CC1. The number of aromatic amines is 1. The summed E-state index contributed by atoms with van der Waals surface area (Å²) in [5.74, 6) is 0.730. The molecule has 1 aliphatic carbocycles. The lowest BCUT2D eigenvalue weighted by Gasteiger charge is -2.30. The molecule has 3 aromatic rings. The van der Waals surface area contributed by atoms with Gasteiger partial charge in [0.25, 0.3) is 0 Å². The molecule has 1 aliphatic rings. The monoisotopic (exact) mass is 368 g/mol. The van der Waals surface area contributed by atoms with Crippen molar-refractivity contribution in [1.82, 2.24) is 9.97 Å². The number of carbonyl (C=O) groups is 1. The predicted molar refractivity (Wildman–Crippen MR) is 107 cm³/mol. The summed E-state index contributed by atoms with van der Waals surface area (Å²) < 4.78 is 0. The third-order valence-corrected chi connectivity index (χ3v) is 6.37. The Hall–Kier alpha value is -2.18. The largest absolute Gasteiger partial charge is 0.338 e. The Morgan fingerprint density at radius 1 is 1.35 bits per heavy atom. The molecular formula is C20H24N4OS. The summed E-state index contributed by atoms with van der Waals surface area (Å²) in [7, 11) is 0. The van der Waals surface area contributed by atoms with Crippen LogP contribution in [0.3, 0.4) is 0 Å². The van der Waals surface area contributed by atoms with Crippen molar-refractivity contribution in [3.8, 4) is 10.6 Å². The number of nitrogens with one attached hydrogen (secondary N) is 2. The number of pyridine rings is 1. The predicted octanol–water partition coefficient (Wildman–Crippen LogP) is 4.38. The van der Waals surface area contributed by atoms with E-state index in [4.69, 9.17) is 5.73 Å². The van der Waals surface area contributed by atoms with Crippen molar-refractivity contribution >= 4 is 34.0 Å². The third-order valence-electron chi connectivity index (χ3n) is 5.46. The second-order valence-electron chi connectivity index (χ2n) is 7.24. The summed E-state index contributed by atoms with van der Waals surface area (Å²) in [6.45, 7) is 2.07. The summed E-state index contributed by atoms with van der Waals surface area (Å²) in [5, 5.41) is 6.13. The number of anilines is 1. The maximum absolute atomic E-state index is 12.8. The van der Waals surface area contributed by atoms with E-state index in [1.165, 1.54) is 0 Å². The number of aromatic nitrogens is 2. The molecule has 3 heterocycles. The van der Waals surface area contributed by atoms with Gasteiger partial charge in [-0.15, -0.1) is 11.3 Å². The van der Waals surface area contributed by atoms with Crippen molar-refractivity contribution in [2.45, 2.75) is 38.6 Å². The van der Waals surface area contributed by atoms with Crippen LogP contribution in [-0.2, 0) is 4.79 Å². The van der Waals surface area contributed by atoms with E-state index in [0.717, 1.165) is 53.0 Å². The first-order chi connectivity index (χ1) is 12.6. The van der Waals surface area contributed by atoms with Gasteiger partial charge in [-0.1, -0.05) is 6.07 Å². The molecule has 1 atom stereocenters. The van der Waals surface area contributed by atoms with Gasteiger partial charge < -0.3 is 16.0 Å². The Morgan fingerprint density at radius 2 is 2.15 bits per heavy atom. The van der Waals surface area contributed by atoms with Crippen LogP contribution in [0.25, 0.3) is 21.6 Å². The highest BCUT2D eigenvalue weighted by molar-refractivity contribution is 7.13. The third kappa shape index (κ3) is 3.39. The van der Waals surface area contributed by atoms with E-state index in [1.807, 2.05) is 12.1 Å². The van der Waals surface area contributed by atoms with Crippen LogP contribution in [0.2, 0.25) is 0 Å². The summed E-state index contributed by atoms with van der Waals surface area (Å²) in [4.78, 5) is 21.7. The molecular weight excluding hydrogens is 344 g/mol. The van der Waals surface area contributed by atoms with Gasteiger partial charge in [0.05, 0.1) is 16.3 Å². The van der Waals surface area contributed by atoms with Crippen LogP contribution in [0.15, 0.2) is 35.8 Å². The van der Waals surface area contributed by atoms with Crippen LogP contribution in [0.1, 0.15) is 32.6 Å². The van der Waals surface area contributed by atoms with Crippen molar-refractivity contribution in [3.63, 3.8) is 0 Å². The van der Waals surface area contributed by atoms with E-state index in [0.29, 0.717) is 5.92 Å². The van der Waals surface area contributed by atoms with Crippen LogP contribution in [-0.4, -0.2) is 21.9 Å². The molecule has 0 aromatic carbocycles. The number of amides is 1. The summed E-state index contributed by atoms with van der Waals surface area (Å²) in [5.41, 5.74) is 8.66. The van der Waals surface area contributed by atoms with Crippen molar-refractivity contribution in [3.05, 3.63) is 35.8 Å². The van der Waals surface area contributed by atoms with Crippen LogP contribution < -0.4 is 11.1 Å². The number of fused-ring (bicyclic) bond motifs is 1. The molecule has 0 saturated heterocycles. The number of nitrogens with zero attached hydrogens (tertiary/aromatic N) is 1. The van der Waals surface area contributed by atoms with Crippen LogP contribution in [0, 0.1) is 11.8 Å². The minimum atomic E-state index is 0.0731. The fourth-order valence-electron chi connectivity index (χ4n) is 3.84. The Bertz CT molecular complexity index is 892. The first kappa shape index (κ1) is 17.2. The highest BCUT2D eigenvalue weighted by Gasteiger charge is 2.28. The second-order valence-corrected chi connectivity index (χ2v) is 8.19. The lowest BCUT2D eigenvalue weighted by Crippen LogP contribution is -2.33. The zero-order valence-electron chi connectivity index (χ0n) is 14.9. The van der Waals surface area contributed by atoms with Gasteiger partial charge in [0, 0.05) is 23.5 Å². The summed E-state index contributed by atoms with van der Waals surface area (Å²) >= 11 is 1.68. The first-order valence-electron chi connectivity index (χ1n) is 9.20. The van der Waals surface area contributed by atoms with Gasteiger partial charge >= 0.3 is 0 Å². The zero-order valence-corrected chi connectivity index (χ0v) is 15.7. The topological polar surface area (TPSA) is 83.8 Å². The molecule has 0 spiro atoms. The lowest BCUT2D eigenvalue weighted by atomic mass is 9.79. The van der Waals surface area contributed by atoms with Gasteiger partial charge in [-0.25, -0.2) is 4.98 Å². The second kappa shape index (κ2) is 7.21. The van der Waals surface area contributed by atoms with Crippen molar-refractivity contribution in [2.24, 2.45) is 17.6 Å². The van der Waals surface area contributed by atoms with Crippen molar-refractivity contribution < 1.29 is 4.79 Å². The Balaban J connectivity index is 1.51. The number of rotatable bonds is 4. The zero-order chi connectivity index (χ0) is 18.1. The Kier molecular flexibility index (Phi) is 4.78. The van der Waals surface area contributed by atoms with Gasteiger partial charge in [0.1, 0.15) is 5.65 Å². The normalized spacial score (nSPS) is 21.6. The highest BCUT2D eigenvalue weighted by atomic mass is 32.1. The van der Waals surface area contributed by atoms with E-state index >= 15 is 0 Å². The molecule has 6 heteroatoms. The van der Waals surface area contributed by atoms with Crippen LogP contribution in [0.4, 0.5) is 5.69 Å². The first-order valence-corrected chi connectivity index (χ1v) is 10.1. The number of nitrogens with two attached hydrogens (primary N) is 1. The van der Waals surface area contributed by atoms with Gasteiger partial charge in [-0.05, 0) is 62.1 Å². The van der Waals surface area contributed by atoms with Gasteiger partial charge in [0.2, 0.25) is 5.91 Å². The molecule has 1 saturated carbocycles. The summed E-state index contributed by atoms with van der Waals surface area (Å²) in [6.07, 6.45) is 5.64. The van der Waals surface area contributed by atoms with E-state index < -0.39 is 0 Å². The molecule has 26 heavy (non-hydrogen) atoms. The van der Waals surface area contributed by atoms with Crippen molar-refractivity contribution in [2.75, 3.05) is 5.32 Å². The number of hydrogen-bond acceptors (Lipinski definition) is 4. The molecule has 4 N–H and O–H groups in total. The quantitative estimate of drug-likeness (QED) is 0.639. The maximum atomic E-state index is 12.8. The number of thiophene rings is 1. The van der Waals surface area contributed by atoms with E-state index in [-0.39, 0.29) is 17.9 Å². The molecule has 3 aromatic heterocycles. The van der Waals surface area contributed by atoms with E-state index in [9.17, 15) is 4.79 Å². The fraction of sp³-hybridized carbons (Fsp3) is 0.400. The molecule has 0 bridgehead atoms. The van der Waals surface area contributed by atoms with Gasteiger partial charge in [-0.3, -0.25) is 4.79 Å². The molecule has 136 valence electrons. The molecule has 1 fully saturated rings. The molecule has 0 radical (unpaired) electrons. The number of carbonyl (C=O) groups excluding carboxylic acids is 1. The smallest absolute Gasteiger partial charge is 0.227 e. The minimum absolute atomic E-state index is 0.0731. The molecule has 1 unspecified atom stereocenters. The minimum Gasteiger partial charge on any atom is -0.338 e. The van der Waals surface area contributed by atoms with Gasteiger partial charge in [-0.2, -0.15) is 0 Å². The highest BCUT2D eigenvalue weighted by Crippen LogP contribution is 2.33. The standard InChI is InChI=1S/C20H24N4OS/c1-12(21)13-4-6-14(7-5-13)20(25)24-16-8-9-22-19-15(16)11-17(23-19)18-3-2-10-26-18/h2-3,8-14H,4-7,21H2,1H3,(H2,22,23,24,25). The number of H-pyrrole nitrogens is 1. The van der Waals surface area contributed by atoms with Crippen LogP contribution >= 0.6 is 11.3 Å². The lowest BCUT2D eigenvalue weighted by molar-refractivity contribution is -0.121. The van der Waals surface area contributed by atoms with E-state index in [1.54, 1.807) is 17.5 Å². The average Bonchev–Trinajstić information content (AvgIpc) is 3.31. The number of hydrogen-bond donors (Lipinski definition) is 3. The van der Waals surface area contributed by atoms with Crippen LogP contribution in [0.5, 0.6) is 0 Å².